The Morgan fingerprint density at radius 3 is 2.83 bits per heavy atom. The molecule has 0 saturated heterocycles. The van der Waals surface area contributed by atoms with Crippen LogP contribution in [0.1, 0.15) is 12.5 Å². The van der Waals surface area contributed by atoms with E-state index in [0.717, 1.165) is 0 Å². The second kappa shape index (κ2) is 6.61. The Kier molecular flexibility index (Phi) is 5.43. The van der Waals surface area contributed by atoms with Crippen molar-refractivity contribution in [3.63, 3.8) is 0 Å². The predicted octanol–water partition coefficient (Wildman–Crippen LogP) is 3.20. The van der Waals surface area contributed by atoms with E-state index in [9.17, 15) is 14.9 Å². The maximum Gasteiger partial charge on any atom is 0.307 e. The van der Waals surface area contributed by atoms with Gasteiger partial charge < -0.3 is 5.11 Å². The molecule has 0 spiro atoms. The van der Waals surface area contributed by atoms with Gasteiger partial charge in [-0.05, 0) is 12.1 Å². The van der Waals surface area contributed by atoms with Gasteiger partial charge >= 0.3 is 5.97 Å². The summed E-state index contributed by atoms with van der Waals surface area (Å²) in [6, 6.07) is 4.49. The molecule has 5 nitrogen and oxygen atoms in total. The van der Waals surface area contributed by atoms with Crippen LogP contribution in [0.15, 0.2) is 18.2 Å². The zero-order valence-electron chi connectivity index (χ0n) is 9.63. The highest BCUT2D eigenvalue weighted by Crippen LogP contribution is 2.27. The molecule has 1 rings (SSSR count). The average molecular weight is 290 g/mol. The van der Waals surface area contributed by atoms with Crippen LogP contribution in [0.3, 0.4) is 0 Å². The molecule has 0 aliphatic carbocycles. The maximum atomic E-state index is 10.8. The van der Waals surface area contributed by atoms with E-state index in [0.29, 0.717) is 22.1 Å². The van der Waals surface area contributed by atoms with Gasteiger partial charge in [0.25, 0.3) is 5.69 Å². The summed E-state index contributed by atoms with van der Waals surface area (Å²) < 4.78 is 0. The maximum absolute atomic E-state index is 10.8. The summed E-state index contributed by atoms with van der Waals surface area (Å²) in [6.45, 7) is 1.60. The van der Waals surface area contributed by atoms with E-state index in [-0.39, 0.29) is 5.69 Å². The monoisotopic (exact) mass is 289 g/mol. The highest BCUT2D eigenvalue weighted by atomic mass is 35.5. The second-order valence-corrected chi connectivity index (χ2v) is 5.25. The van der Waals surface area contributed by atoms with Gasteiger partial charge in [0.2, 0.25) is 0 Å². The van der Waals surface area contributed by atoms with Gasteiger partial charge in [-0.1, -0.05) is 18.5 Å². The van der Waals surface area contributed by atoms with E-state index >= 15 is 0 Å². The van der Waals surface area contributed by atoms with Crippen molar-refractivity contribution in [3.05, 3.63) is 38.9 Å². The number of halogens is 1. The third-order valence-electron chi connectivity index (χ3n) is 2.29. The van der Waals surface area contributed by atoms with Gasteiger partial charge in [-0.15, -0.1) is 0 Å². The van der Waals surface area contributed by atoms with E-state index in [1.807, 2.05) is 0 Å². The molecule has 1 aromatic carbocycles. The molecule has 1 aromatic rings. The highest BCUT2D eigenvalue weighted by Gasteiger charge is 2.16. The van der Waals surface area contributed by atoms with Crippen LogP contribution >= 0.6 is 23.4 Å². The Balaban J connectivity index is 2.67. The van der Waals surface area contributed by atoms with Crippen LogP contribution in [-0.4, -0.2) is 21.8 Å². The van der Waals surface area contributed by atoms with Crippen molar-refractivity contribution in [2.75, 3.05) is 5.75 Å². The van der Waals surface area contributed by atoms with Gasteiger partial charge in [-0.3, -0.25) is 14.9 Å². The van der Waals surface area contributed by atoms with Gasteiger partial charge in [-0.25, -0.2) is 0 Å². The first-order valence-electron chi connectivity index (χ1n) is 5.15. The van der Waals surface area contributed by atoms with Crippen LogP contribution in [0.25, 0.3) is 0 Å². The summed E-state index contributed by atoms with van der Waals surface area (Å²) in [7, 11) is 0. The second-order valence-electron chi connectivity index (χ2n) is 3.78. The molecule has 0 fully saturated rings. The SMILES string of the molecule is CC(CSCc1ccc(Cl)cc1[N+](=O)[O-])C(=O)O. The fourth-order valence-corrected chi connectivity index (χ4v) is 2.49. The summed E-state index contributed by atoms with van der Waals surface area (Å²) in [5.41, 5.74) is 0.518. The standard InChI is InChI=1S/C11H12ClNO4S/c1-7(11(14)15)5-18-6-8-2-3-9(12)4-10(8)13(16)17/h2-4,7H,5-6H2,1H3,(H,14,15). The van der Waals surface area contributed by atoms with Crippen LogP contribution in [0.5, 0.6) is 0 Å². The fourth-order valence-electron chi connectivity index (χ4n) is 1.25. The molecule has 1 unspecified atom stereocenters. The molecule has 0 aromatic heterocycles. The lowest BCUT2D eigenvalue weighted by atomic mass is 10.2. The molecule has 1 atom stereocenters. The van der Waals surface area contributed by atoms with Crippen molar-refractivity contribution >= 4 is 35.0 Å². The Labute approximate surface area is 113 Å². The molecule has 0 heterocycles. The van der Waals surface area contributed by atoms with E-state index in [4.69, 9.17) is 16.7 Å². The van der Waals surface area contributed by atoms with E-state index < -0.39 is 16.8 Å². The molecule has 0 aliphatic heterocycles. The Morgan fingerprint density at radius 2 is 2.28 bits per heavy atom. The van der Waals surface area contributed by atoms with Crippen LogP contribution in [0, 0.1) is 16.0 Å². The molecule has 0 radical (unpaired) electrons. The van der Waals surface area contributed by atoms with Gasteiger partial charge in [0.15, 0.2) is 0 Å². The predicted molar refractivity (Wildman–Crippen MR) is 71.1 cm³/mol. The average Bonchev–Trinajstić information content (AvgIpc) is 2.30. The lowest BCUT2D eigenvalue weighted by Gasteiger charge is -2.06. The number of aliphatic carboxylic acids is 1. The van der Waals surface area contributed by atoms with E-state index in [2.05, 4.69) is 0 Å². The van der Waals surface area contributed by atoms with Crippen LogP contribution < -0.4 is 0 Å². The number of hydrogen-bond donors (Lipinski definition) is 1. The molecular weight excluding hydrogens is 278 g/mol. The first-order valence-corrected chi connectivity index (χ1v) is 6.68. The minimum absolute atomic E-state index is 0.0296. The summed E-state index contributed by atoms with van der Waals surface area (Å²) in [5, 5.41) is 19.9. The molecular formula is C11H12ClNO4S. The van der Waals surface area contributed by atoms with Crippen LogP contribution in [-0.2, 0) is 10.5 Å². The Bertz CT molecular complexity index is 466. The topological polar surface area (TPSA) is 80.4 Å². The number of carboxylic acids is 1. The number of nitrogens with zero attached hydrogens (tertiary/aromatic N) is 1. The quantitative estimate of drug-likeness (QED) is 0.642. The smallest absolute Gasteiger partial charge is 0.307 e. The van der Waals surface area contributed by atoms with E-state index in [1.165, 1.54) is 17.8 Å². The Morgan fingerprint density at radius 1 is 1.61 bits per heavy atom. The molecule has 0 saturated carbocycles. The number of carbonyl (C=O) groups is 1. The molecule has 0 aliphatic rings. The molecule has 98 valence electrons. The highest BCUT2D eigenvalue weighted by molar-refractivity contribution is 7.98. The summed E-state index contributed by atoms with van der Waals surface area (Å²) in [6.07, 6.45) is 0. The fraction of sp³-hybridized carbons (Fsp3) is 0.364. The molecule has 18 heavy (non-hydrogen) atoms. The lowest BCUT2D eigenvalue weighted by molar-refractivity contribution is -0.385. The van der Waals surface area contributed by atoms with Gasteiger partial charge in [-0.2, -0.15) is 11.8 Å². The van der Waals surface area contributed by atoms with Gasteiger partial charge in [0.05, 0.1) is 10.8 Å². The zero-order valence-corrected chi connectivity index (χ0v) is 11.2. The molecule has 1 N–H and O–H groups in total. The van der Waals surface area contributed by atoms with Crippen molar-refractivity contribution in [2.45, 2.75) is 12.7 Å². The van der Waals surface area contributed by atoms with Crippen molar-refractivity contribution in [2.24, 2.45) is 5.92 Å². The number of carboxylic acid groups (broad SMARTS) is 1. The van der Waals surface area contributed by atoms with Crippen LogP contribution in [0.2, 0.25) is 5.02 Å². The molecule has 0 amide bonds. The van der Waals surface area contributed by atoms with E-state index in [1.54, 1.807) is 19.1 Å². The van der Waals surface area contributed by atoms with Crippen molar-refractivity contribution < 1.29 is 14.8 Å². The largest absolute Gasteiger partial charge is 0.481 e. The zero-order chi connectivity index (χ0) is 13.7. The third-order valence-corrected chi connectivity index (χ3v) is 3.78. The number of benzene rings is 1. The summed E-state index contributed by atoms with van der Waals surface area (Å²) >= 11 is 7.05. The number of rotatable bonds is 6. The first kappa shape index (κ1) is 14.8. The van der Waals surface area contributed by atoms with Crippen molar-refractivity contribution in [3.8, 4) is 0 Å². The lowest BCUT2D eigenvalue weighted by Crippen LogP contribution is -2.11. The van der Waals surface area contributed by atoms with Gasteiger partial charge in [0, 0.05) is 28.2 Å². The summed E-state index contributed by atoms with van der Waals surface area (Å²) in [5.74, 6) is -0.533. The molecule has 0 bridgehead atoms. The third kappa shape index (κ3) is 4.19. The normalized spacial score (nSPS) is 12.1. The van der Waals surface area contributed by atoms with Crippen molar-refractivity contribution in [1.82, 2.24) is 0 Å². The Hall–Kier alpha value is -1.27. The van der Waals surface area contributed by atoms with Crippen LogP contribution in [0.4, 0.5) is 5.69 Å². The number of hydrogen-bond acceptors (Lipinski definition) is 4. The first-order chi connectivity index (χ1) is 8.41. The number of thioether (sulfide) groups is 1. The summed E-state index contributed by atoms with van der Waals surface area (Å²) in [4.78, 5) is 21.0. The van der Waals surface area contributed by atoms with Gasteiger partial charge in [0.1, 0.15) is 0 Å². The number of nitro groups is 1. The minimum atomic E-state index is -0.867. The number of nitro benzene ring substituents is 1. The van der Waals surface area contributed by atoms with Crippen molar-refractivity contribution in [1.29, 1.82) is 0 Å². The molecule has 7 heteroatoms. The minimum Gasteiger partial charge on any atom is -0.481 e.